The van der Waals surface area contributed by atoms with Crippen molar-refractivity contribution in [3.05, 3.63) is 34.3 Å². The zero-order chi connectivity index (χ0) is 13.9. The van der Waals surface area contributed by atoms with Gasteiger partial charge in [0.25, 0.3) is 0 Å². The Morgan fingerprint density at radius 2 is 1.74 bits per heavy atom. The van der Waals surface area contributed by atoms with Crippen molar-refractivity contribution >= 4 is 29.6 Å². The van der Waals surface area contributed by atoms with Gasteiger partial charge in [-0.2, -0.15) is 0 Å². The highest BCUT2D eigenvalue weighted by atomic mass is 32.2. The first kappa shape index (κ1) is 16.6. The van der Waals surface area contributed by atoms with Crippen molar-refractivity contribution in [1.82, 2.24) is 0 Å². The van der Waals surface area contributed by atoms with Gasteiger partial charge in [-0.25, -0.2) is 4.57 Å². The maximum Gasteiger partial charge on any atom is 0.206 e. The van der Waals surface area contributed by atoms with E-state index in [9.17, 15) is 0 Å². The Kier molecular flexibility index (Phi) is 9.10. The fraction of sp³-hybridized carbons (Fsp3) is 0.562. The normalized spacial score (nSPS) is 10.5. The molecule has 0 saturated carbocycles. The Balaban J connectivity index is 2.67. The fourth-order valence-corrected chi connectivity index (χ4v) is 4.08. The van der Waals surface area contributed by atoms with Crippen LogP contribution in [0.5, 0.6) is 0 Å². The van der Waals surface area contributed by atoms with Gasteiger partial charge in [0.1, 0.15) is 7.05 Å². The summed E-state index contributed by atoms with van der Waals surface area (Å²) < 4.78 is 3.64. The minimum Gasteiger partial charge on any atom is -0.201 e. The standard InChI is InChI=1S/C16H26NS2/c1-4-6-12-18-16(19-13-7-5-2)14-15-10-8-9-11-17(15)3/h8-11,14H,4-7,12-13H2,1-3H3/q+1. The van der Waals surface area contributed by atoms with Gasteiger partial charge >= 0.3 is 0 Å². The first-order valence-corrected chi connectivity index (χ1v) is 9.17. The van der Waals surface area contributed by atoms with Crippen LogP contribution in [0.3, 0.4) is 0 Å². The Labute approximate surface area is 126 Å². The number of thioether (sulfide) groups is 2. The number of rotatable bonds is 9. The van der Waals surface area contributed by atoms with Crippen LogP contribution in [0.2, 0.25) is 0 Å². The lowest BCUT2D eigenvalue weighted by Crippen LogP contribution is -2.30. The molecule has 0 aliphatic carbocycles. The molecule has 1 rings (SSSR count). The van der Waals surface area contributed by atoms with E-state index < -0.39 is 0 Å². The molecule has 0 radical (unpaired) electrons. The summed E-state index contributed by atoms with van der Waals surface area (Å²) >= 11 is 4.02. The first-order valence-electron chi connectivity index (χ1n) is 7.19. The molecule has 1 aromatic heterocycles. The van der Waals surface area contributed by atoms with Gasteiger partial charge < -0.3 is 0 Å². The van der Waals surface area contributed by atoms with Crippen LogP contribution in [0.25, 0.3) is 6.08 Å². The van der Waals surface area contributed by atoms with E-state index in [4.69, 9.17) is 0 Å². The van der Waals surface area contributed by atoms with Crippen molar-refractivity contribution < 1.29 is 4.57 Å². The van der Waals surface area contributed by atoms with E-state index in [0.717, 1.165) is 0 Å². The zero-order valence-corrected chi connectivity index (χ0v) is 14.0. The van der Waals surface area contributed by atoms with E-state index in [-0.39, 0.29) is 0 Å². The van der Waals surface area contributed by atoms with Crippen molar-refractivity contribution in [1.29, 1.82) is 0 Å². The average Bonchev–Trinajstić information content (AvgIpc) is 2.41. The van der Waals surface area contributed by atoms with Crippen LogP contribution in [-0.2, 0) is 7.05 Å². The molecule has 0 atom stereocenters. The van der Waals surface area contributed by atoms with E-state index in [0.29, 0.717) is 0 Å². The van der Waals surface area contributed by atoms with Crippen LogP contribution in [0.4, 0.5) is 0 Å². The number of hydrogen-bond donors (Lipinski definition) is 0. The third kappa shape index (κ3) is 7.07. The van der Waals surface area contributed by atoms with Crippen LogP contribution in [-0.4, -0.2) is 11.5 Å². The Bertz CT molecular complexity index is 376. The summed E-state index contributed by atoms with van der Waals surface area (Å²) in [6.45, 7) is 4.51. The minimum atomic E-state index is 1.23. The molecule has 0 N–H and O–H groups in total. The summed E-state index contributed by atoms with van der Waals surface area (Å²) in [4.78, 5) is 0. The maximum atomic E-state index is 2.33. The molecule has 0 aliphatic rings. The van der Waals surface area contributed by atoms with Gasteiger partial charge in [0.05, 0.1) is 0 Å². The number of hydrogen-bond acceptors (Lipinski definition) is 2. The van der Waals surface area contributed by atoms with Gasteiger partial charge in [0, 0.05) is 22.4 Å². The molecule has 0 spiro atoms. The second-order valence-corrected chi connectivity index (χ2v) is 7.14. The van der Waals surface area contributed by atoms with Crippen molar-refractivity contribution in [2.24, 2.45) is 7.05 Å². The molecule has 0 aromatic carbocycles. The van der Waals surface area contributed by atoms with E-state index in [2.05, 4.69) is 55.9 Å². The number of unbranched alkanes of at least 4 members (excludes halogenated alkanes) is 2. The van der Waals surface area contributed by atoms with Crippen LogP contribution in [0.1, 0.15) is 45.2 Å². The predicted molar refractivity (Wildman–Crippen MR) is 90.3 cm³/mol. The van der Waals surface area contributed by atoms with Crippen molar-refractivity contribution in [2.75, 3.05) is 11.5 Å². The second-order valence-electron chi connectivity index (χ2n) is 4.60. The van der Waals surface area contributed by atoms with Gasteiger partial charge in [0.2, 0.25) is 5.69 Å². The highest BCUT2D eigenvalue weighted by Crippen LogP contribution is 2.31. The van der Waals surface area contributed by atoms with Crippen LogP contribution in [0, 0.1) is 0 Å². The van der Waals surface area contributed by atoms with Crippen molar-refractivity contribution in [2.45, 2.75) is 39.5 Å². The van der Waals surface area contributed by atoms with Crippen molar-refractivity contribution in [3.63, 3.8) is 0 Å². The van der Waals surface area contributed by atoms with Gasteiger partial charge in [-0.1, -0.05) is 26.7 Å². The minimum absolute atomic E-state index is 1.23. The van der Waals surface area contributed by atoms with Gasteiger partial charge in [-0.15, -0.1) is 23.5 Å². The zero-order valence-electron chi connectivity index (χ0n) is 12.4. The van der Waals surface area contributed by atoms with E-state index in [1.54, 1.807) is 0 Å². The molecule has 0 amide bonds. The Hall–Kier alpha value is -0.410. The molecular weight excluding hydrogens is 270 g/mol. The van der Waals surface area contributed by atoms with Crippen LogP contribution >= 0.6 is 23.5 Å². The predicted octanol–water partition coefficient (Wildman–Crippen LogP) is 4.88. The van der Waals surface area contributed by atoms with E-state index in [1.165, 1.54) is 47.1 Å². The SMILES string of the molecule is CCCCSC(=Cc1cccc[n+]1C)SCCCC. The molecule has 0 fully saturated rings. The highest BCUT2D eigenvalue weighted by Gasteiger charge is 2.05. The lowest BCUT2D eigenvalue weighted by Gasteiger charge is -2.06. The summed E-state index contributed by atoms with van der Waals surface area (Å²) in [6, 6.07) is 6.36. The summed E-state index contributed by atoms with van der Waals surface area (Å²) in [5.41, 5.74) is 1.28. The monoisotopic (exact) mass is 296 g/mol. The van der Waals surface area contributed by atoms with Gasteiger partial charge in [-0.05, 0) is 30.4 Å². The number of aromatic nitrogens is 1. The van der Waals surface area contributed by atoms with E-state index in [1.807, 2.05) is 23.5 Å². The summed E-state index contributed by atoms with van der Waals surface area (Å²) in [5.74, 6) is 2.47. The number of nitrogens with zero attached hydrogens (tertiary/aromatic N) is 1. The molecular formula is C16H26NS2+. The summed E-state index contributed by atoms with van der Waals surface area (Å²) in [5, 5.41) is 0. The molecule has 0 aliphatic heterocycles. The largest absolute Gasteiger partial charge is 0.206 e. The third-order valence-electron chi connectivity index (χ3n) is 2.85. The fourth-order valence-electron chi connectivity index (χ4n) is 1.57. The van der Waals surface area contributed by atoms with Crippen molar-refractivity contribution in [3.8, 4) is 0 Å². The first-order chi connectivity index (χ1) is 9.27. The molecule has 0 bridgehead atoms. The molecule has 0 saturated heterocycles. The molecule has 1 aromatic rings. The van der Waals surface area contributed by atoms with Crippen LogP contribution in [0.15, 0.2) is 28.6 Å². The average molecular weight is 297 g/mol. The number of aryl methyl sites for hydroxylation is 1. The van der Waals surface area contributed by atoms with Gasteiger partial charge in [0.15, 0.2) is 6.20 Å². The quantitative estimate of drug-likeness (QED) is 0.472. The molecule has 1 heterocycles. The second kappa shape index (κ2) is 10.4. The Morgan fingerprint density at radius 3 is 2.26 bits per heavy atom. The molecule has 106 valence electrons. The molecule has 1 nitrogen and oxygen atoms in total. The van der Waals surface area contributed by atoms with Gasteiger partial charge in [-0.3, -0.25) is 0 Å². The number of pyridine rings is 1. The highest BCUT2D eigenvalue weighted by molar-refractivity contribution is 8.22. The lowest BCUT2D eigenvalue weighted by atomic mass is 10.3. The van der Waals surface area contributed by atoms with Crippen LogP contribution < -0.4 is 4.57 Å². The maximum absolute atomic E-state index is 2.33. The summed E-state index contributed by atoms with van der Waals surface area (Å²) in [7, 11) is 2.11. The summed E-state index contributed by atoms with van der Waals surface area (Å²) in [6.07, 6.45) is 9.60. The molecule has 0 unspecified atom stereocenters. The molecule has 19 heavy (non-hydrogen) atoms. The van der Waals surface area contributed by atoms with E-state index >= 15 is 0 Å². The lowest BCUT2D eigenvalue weighted by molar-refractivity contribution is -0.673. The Morgan fingerprint density at radius 1 is 1.11 bits per heavy atom. The molecule has 3 heteroatoms. The third-order valence-corrected chi connectivity index (χ3v) is 5.34. The smallest absolute Gasteiger partial charge is 0.201 e. The topological polar surface area (TPSA) is 3.88 Å².